The van der Waals surface area contributed by atoms with E-state index >= 15 is 0 Å². The van der Waals surface area contributed by atoms with Crippen molar-refractivity contribution < 1.29 is 19.1 Å². The maximum Gasteiger partial charge on any atom is 0.389 e. The van der Waals surface area contributed by atoms with Crippen molar-refractivity contribution in [2.24, 2.45) is 0 Å². The Kier molecular flexibility index (Phi) is 5.28. The van der Waals surface area contributed by atoms with Gasteiger partial charge in [0.25, 0.3) is 0 Å². The molecule has 0 amide bonds. The molecule has 72 valence electrons. The lowest BCUT2D eigenvalue weighted by Crippen LogP contribution is -2.19. The number of ether oxygens (including phenoxy) is 2. The molecule has 0 aliphatic heterocycles. The Morgan fingerprint density at radius 3 is 2.38 bits per heavy atom. The van der Waals surface area contributed by atoms with Crippen LogP contribution in [0.5, 0.6) is 0 Å². The van der Waals surface area contributed by atoms with Gasteiger partial charge in [-0.25, -0.2) is 11.4 Å². The van der Waals surface area contributed by atoms with Gasteiger partial charge < -0.3 is 14.3 Å². The second-order valence-electron chi connectivity index (χ2n) is 2.28. The fraction of sp³-hybridized carbons (Fsp3) is 0.625. The van der Waals surface area contributed by atoms with Gasteiger partial charge in [-0.2, -0.15) is 0 Å². The number of esters is 2. The Hall–Kier alpha value is -1.57. The zero-order chi connectivity index (χ0) is 10.3. The molecule has 0 rings (SSSR count). The molecule has 1 atom stereocenters. The zero-order valence-electron chi connectivity index (χ0n) is 7.57. The summed E-state index contributed by atoms with van der Waals surface area (Å²) in [7, 11) is 2.46. The first-order chi connectivity index (χ1) is 6.15. The van der Waals surface area contributed by atoms with Crippen LogP contribution in [0.2, 0.25) is 0 Å². The monoisotopic (exact) mass is 185 g/mol. The van der Waals surface area contributed by atoms with Gasteiger partial charge in [-0.15, -0.1) is 0 Å². The minimum absolute atomic E-state index is 0.0542. The first-order valence-corrected chi connectivity index (χ1v) is 3.67. The molecular weight excluding hydrogens is 174 g/mol. The largest absolute Gasteiger partial charge is 0.469 e. The quantitative estimate of drug-likeness (QED) is 0.470. The molecule has 0 aromatic carbocycles. The minimum atomic E-state index is -0.899. The van der Waals surface area contributed by atoms with Crippen LogP contribution < -0.4 is 0 Å². The summed E-state index contributed by atoms with van der Waals surface area (Å²) in [5.74, 6) is -1.04. The predicted molar refractivity (Wildman–Crippen MR) is 43.7 cm³/mol. The van der Waals surface area contributed by atoms with E-state index in [-0.39, 0.29) is 12.8 Å². The number of nitrogens with zero attached hydrogens (tertiary/aromatic N) is 1. The van der Waals surface area contributed by atoms with Crippen LogP contribution in [0.3, 0.4) is 0 Å². The topological polar surface area (TPSA) is 57.0 Å². The van der Waals surface area contributed by atoms with Crippen molar-refractivity contribution in [3.63, 3.8) is 0 Å². The molecule has 0 spiro atoms. The molecule has 0 aliphatic carbocycles. The molecule has 0 saturated heterocycles. The second-order valence-corrected chi connectivity index (χ2v) is 2.28. The van der Waals surface area contributed by atoms with Crippen molar-refractivity contribution in [3.05, 3.63) is 11.4 Å². The van der Waals surface area contributed by atoms with E-state index in [1.807, 2.05) is 0 Å². The summed E-state index contributed by atoms with van der Waals surface area (Å²) in [5, 5.41) is 0. The summed E-state index contributed by atoms with van der Waals surface area (Å²) in [6.45, 7) is 6.67. The summed E-state index contributed by atoms with van der Waals surface area (Å²) in [4.78, 5) is 24.6. The molecule has 0 heterocycles. The van der Waals surface area contributed by atoms with Crippen molar-refractivity contribution in [2.75, 3.05) is 14.2 Å². The molecular formula is C8H11NO4. The minimum Gasteiger partial charge on any atom is -0.469 e. The van der Waals surface area contributed by atoms with Crippen LogP contribution in [-0.4, -0.2) is 32.2 Å². The Morgan fingerprint density at radius 2 is 2.00 bits per heavy atom. The van der Waals surface area contributed by atoms with Crippen molar-refractivity contribution in [3.8, 4) is 0 Å². The van der Waals surface area contributed by atoms with Gasteiger partial charge in [0.1, 0.15) is 0 Å². The molecule has 0 unspecified atom stereocenters. The van der Waals surface area contributed by atoms with Crippen LogP contribution in [0.4, 0.5) is 0 Å². The van der Waals surface area contributed by atoms with Gasteiger partial charge in [-0.3, -0.25) is 4.79 Å². The molecule has 0 aromatic rings. The number of rotatable bonds is 4. The molecule has 0 fully saturated rings. The number of carbonyl (C=O) groups is 2. The van der Waals surface area contributed by atoms with Crippen molar-refractivity contribution in [2.45, 2.75) is 18.9 Å². The fourth-order valence-corrected chi connectivity index (χ4v) is 0.728. The van der Waals surface area contributed by atoms with Crippen LogP contribution in [0.1, 0.15) is 12.8 Å². The lowest BCUT2D eigenvalue weighted by atomic mass is 10.2. The van der Waals surface area contributed by atoms with E-state index in [1.165, 1.54) is 14.2 Å². The average Bonchev–Trinajstić information content (AvgIpc) is 2.17. The smallest absolute Gasteiger partial charge is 0.389 e. The Balaban J connectivity index is 3.94. The van der Waals surface area contributed by atoms with Crippen molar-refractivity contribution in [1.29, 1.82) is 0 Å². The molecule has 0 bridgehead atoms. The van der Waals surface area contributed by atoms with E-state index in [0.29, 0.717) is 0 Å². The highest BCUT2D eigenvalue weighted by atomic mass is 16.5. The van der Waals surface area contributed by atoms with Crippen LogP contribution in [0.25, 0.3) is 4.85 Å². The van der Waals surface area contributed by atoms with Crippen molar-refractivity contribution in [1.82, 2.24) is 0 Å². The van der Waals surface area contributed by atoms with Crippen LogP contribution in [0, 0.1) is 6.57 Å². The van der Waals surface area contributed by atoms with Gasteiger partial charge in [0.05, 0.1) is 20.6 Å². The van der Waals surface area contributed by atoms with Gasteiger partial charge in [0.15, 0.2) is 0 Å². The van der Waals surface area contributed by atoms with E-state index in [2.05, 4.69) is 14.3 Å². The first-order valence-electron chi connectivity index (χ1n) is 3.67. The van der Waals surface area contributed by atoms with Crippen LogP contribution >= 0.6 is 0 Å². The summed E-state index contributed by atoms with van der Waals surface area (Å²) < 4.78 is 8.73. The maximum atomic E-state index is 10.9. The van der Waals surface area contributed by atoms with Gasteiger partial charge >= 0.3 is 18.0 Å². The highest BCUT2D eigenvalue weighted by Crippen LogP contribution is 2.04. The third-order valence-electron chi connectivity index (χ3n) is 1.48. The summed E-state index contributed by atoms with van der Waals surface area (Å²) in [6, 6.07) is -0.899. The highest BCUT2D eigenvalue weighted by molar-refractivity contribution is 5.78. The molecule has 0 aromatic heterocycles. The lowest BCUT2D eigenvalue weighted by molar-refractivity contribution is -0.142. The Morgan fingerprint density at radius 1 is 1.38 bits per heavy atom. The van der Waals surface area contributed by atoms with E-state index in [9.17, 15) is 9.59 Å². The van der Waals surface area contributed by atoms with Gasteiger partial charge in [0, 0.05) is 6.42 Å². The normalized spacial score (nSPS) is 11.2. The number of carbonyl (C=O) groups excluding carboxylic acids is 2. The molecule has 0 saturated carbocycles. The van der Waals surface area contributed by atoms with E-state index in [4.69, 9.17) is 6.57 Å². The maximum absolute atomic E-state index is 10.9. The van der Waals surface area contributed by atoms with Crippen LogP contribution in [-0.2, 0) is 19.1 Å². The third kappa shape index (κ3) is 4.11. The number of methoxy groups -OCH3 is 2. The zero-order valence-corrected chi connectivity index (χ0v) is 7.57. The molecule has 0 aliphatic rings. The predicted octanol–water partition coefficient (Wildman–Crippen LogP) is 0.400. The van der Waals surface area contributed by atoms with Gasteiger partial charge in [-0.1, -0.05) is 0 Å². The van der Waals surface area contributed by atoms with E-state index < -0.39 is 18.0 Å². The number of hydrogen-bond acceptors (Lipinski definition) is 4. The second kappa shape index (κ2) is 6.00. The molecule has 5 nitrogen and oxygen atoms in total. The fourth-order valence-electron chi connectivity index (χ4n) is 0.728. The SMILES string of the molecule is [C-]#[N+][C@H](CCC(=O)OC)C(=O)OC. The summed E-state index contributed by atoms with van der Waals surface area (Å²) in [5.41, 5.74) is 0. The van der Waals surface area contributed by atoms with E-state index in [0.717, 1.165) is 0 Å². The lowest BCUT2D eigenvalue weighted by Gasteiger charge is -2.01. The van der Waals surface area contributed by atoms with Crippen molar-refractivity contribution >= 4 is 11.9 Å². The highest BCUT2D eigenvalue weighted by Gasteiger charge is 2.24. The molecule has 5 heteroatoms. The first kappa shape index (κ1) is 11.4. The van der Waals surface area contributed by atoms with Crippen LogP contribution in [0.15, 0.2) is 0 Å². The number of hydrogen-bond donors (Lipinski definition) is 0. The van der Waals surface area contributed by atoms with Gasteiger partial charge in [0.2, 0.25) is 0 Å². The summed E-state index contributed by atoms with van der Waals surface area (Å²) in [6.07, 6.45) is 0.196. The molecule has 0 radical (unpaired) electrons. The Labute approximate surface area is 76.4 Å². The summed E-state index contributed by atoms with van der Waals surface area (Å²) >= 11 is 0. The standard InChI is InChI=1S/C8H11NO4/c1-9-6(8(11)13-3)4-5-7(10)12-2/h6H,4-5H2,2-3H3/t6-/m1/s1. The van der Waals surface area contributed by atoms with E-state index in [1.54, 1.807) is 0 Å². The van der Waals surface area contributed by atoms with Gasteiger partial charge in [-0.05, 0) is 0 Å². The molecule has 13 heavy (non-hydrogen) atoms. The Bertz CT molecular complexity index is 231. The molecule has 0 N–H and O–H groups in total. The third-order valence-corrected chi connectivity index (χ3v) is 1.48. The average molecular weight is 185 g/mol.